The quantitative estimate of drug-likeness (QED) is 0.368. The number of carbonyl (C=O) groups excluding carboxylic acids is 2. The van der Waals surface area contributed by atoms with Gasteiger partial charge in [-0.2, -0.15) is 5.10 Å². The molecule has 13 heteroatoms. The molecule has 1 aromatic carbocycles. The largest absolute Gasteiger partial charge is 0.364 e. The summed E-state index contributed by atoms with van der Waals surface area (Å²) in [5.74, 6) is 1.01. The summed E-state index contributed by atoms with van der Waals surface area (Å²) in [5.41, 5.74) is 4.86. The highest BCUT2D eigenvalue weighted by Gasteiger charge is 2.33. The van der Waals surface area contributed by atoms with Gasteiger partial charge in [0.05, 0.1) is 16.7 Å². The van der Waals surface area contributed by atoms with Crippen LogP contribution in [0, 0.1) is 6.92 Å². The number of urea groups is 1. The molecule has 4 aliphatic heterocycles. The minimum absolute atomic E-state index is 0.0246. The van der Waals surface area contributed by atoms with Crippen LogP contribution in [-0.2, 0) is 17.6 Å². The number of anilines is 1. The van der Waals surface area contributed by atoms with Crippen LogP contribution in [0.4, 0.5) is 10.5 Å². The van der Waals surface area contributed by atoms with E-state index in [2.05, 4.69) is 54.4 Å². The van der Waals surface area contributed by atoms with Gasteiger partial charge in [0.2, 0.25) is 5.91 Å². The number of hydrogen-bond donors (Lipinski definition) is 3. The number of rotatable bonds is 6. The van der Waals surface area contributed by atoms with Crippen LogP contribution in [0.3, 0.4) is 0 Å². The van der Waals surface area contributed by atoms with E-state index in [-0.39, 0.29) is 17.5 Å². The lowest BCUT2D eigenvalue weighted by Crippen LogP contribution is -2.60. The van der Waals surface area contributed by atoms with Crippen LogP contribution in [0.1, 0.15) is 36.0 Å². The molecule has 0 aliphatic carbocycles. The molecule has 3 aromatic rings. The Morgan fingerprint density at radius 2 is 1.74 bits per heavy atom. The molecule has 0 spiro atoms. The van der Waals surface area contributed by atoms with Crippen molar-refractivity contribution in [3.05, 3.63) is 51.4 Å². The third kappa shape index (κ3) is 7.02. The predicted molar refractivity (Wildman–Crippen MR) is 185 cm³/mol. The Hall–Kier alpha value is -3.55. The number of nitrogens with zero attached hydrogens (tertiary/aromatic N) is 6. The minimum atomic E-state index is -0.680. The summed E-state index contributed by atoms with van der Waals surface area (Å²) in [6.45, 7) is 9.44. The van der Waals surface area contributed by atoms with E-state index in [1.165, 1.54) is 18.4 Å². The molecule has 2 aromatic heterocycles. The summed E-state index contributed by atoms with van der Waals surface area (Å²) in [5, 5.41) is 12.4. The van der Waals surface area contributed by atoms with Crippen LogP contribution >= 0.6 is 11.8 Å². The topological polar surface area (TPSA) is 124 Å². The van der Waals surface area contributed by atoms with Crippen LogP contribution in [0.25, 0.3) is 10.9 Å². The van der Waals surface area contributed by atoms with Crippen LogP contribution in [0.5, 0.6) is 0 Å². The lowest BCUT2D eigenvalue weighted by atomic mass is 10.00. The highest BCUT2D eigenvalue weighted by Crippen LogP contribution is 2.29. The number of piperazine rings is 2. The first-order valence-electron chi connectivity index (χ1n) is 17.2. The molecule has 3 saturated heterocycles. The first-order valence-corrected chi connectivity index (χ1v) is 18.1. The second-order valence-electron chi connectivity index (χ2n) is 13.6. The first kappa shape index (κ1) is 32.0. The number of pyridine rings is 1. The van der Waals surface area contributed by atoms with Gasteiger partial charge >= 0.3 is 6.03 Å². The Morgan fingerprint density at radius 1 is 1.00 bits per heavy atom. The van der Waals surface area contributed by atoms with Gasteiger partial charge < -0.3 is 29.9 Å². The third-order valence-electron chi connectivity index (χ3n) is 10.5. The van der Waals surface area contributed by atoms with Crippen molar-refractivity contribution < 1.29 is 9.59 Å². The molecule has 0 radical (unpaired) electrons. The number of piperidine rings is 1. The number of H-pyrrole nitrogens is 2. The Morgan fingerprint density at radius 3 is 2.51 bits per heavy atom. The van der Waals surface area contributed by atoms with Crippen molar-refractivity contribution in [1.29, 1.82) is 0 Å². The highest BCUT2D eigenvalue weighted by atomic mass is 32.2. The number of benzene rings is 1. The van der Waals surface area contributed by atoms with Crippen LogP contribution in [0.2, 0.25) is 0 Å². The smallest absolute Gasteiger partial charge is 0.318 e. The number of fused-ring (bicyclic) bond motifs is 2. The average molecular weight is 662 g/mol. The summed E-state index contributed by atoms with van der Waals surface area (Å²) >= 11 is 1.71. The molecular formula is C34H47N9O3S. The molecule has 47 heavy (non-hydrogen) atoms. The van der Waals surface area contributed by atoms with Gasteiger partial charge in [-0.1, -0.05) is 6.07 Å². The monoisotopic (exact) mass is 661 g/mol. The van der Waals surface area contributed by atoms with Gasteiger partial charge in [-0.3, -0.25) is 19.6 Å². The minimum Gasteiger partial charge on any atom is -0.364 e. The van der Waals surface area contributed by atoms with Crippen LogP contribution in [-0.4, -0.2) is 137 Å². The lowest BCUT2D eigenvalue weighted by Gasteiger charge is -2.43. The molecule has 3 N–H and O–H groups in total. The molecule has 7 rings (SSSR count). The van der Waals surface area contributed by atoms with Crippen molar-refractivity contribution in [2.75, 3.05) is 83.1 Å². The van der Waals surface area contributed by atoms with E-state index in [4.69, 9.17) is 0 Å². The van der Waals surface area contributed by atoms with Crippen molar-refractivity contribution in [3.8, 4) is 0 Å². The maximum atomic E-state index is 14.1. The molecule has 3 fully saturated rings. The molecule has 6 heterocycles. The number of nitrogens with one attached hydrogen (secondary N) is 3. The number of likely N-dealkylation sites (tertiary alicyclic amines) is 1. The van der Waals surface area contributed by atoms with Crippen molar-refractivity contribution in [1.82, 2.24) is 40.1 Å². The Kier molecular flexibility index (Phi) is 9.47. The molecular weight excluding hydrogens is 615 g/mol. The van der Waals surface area contributed by atoms with E-state index in [1.807, 2.05) is 17.9 Å². The third-order valence-corrected chi connectivity index (χ3v) is 11.6. The van der Waals surface area contributed by atoms with Crippen molar-refractivity contribution in [3.63, 3.8) is 0 Å². The van der Waals surface area contributed by atoms with Crippen LogP contribution in [0.15, 0.2) is 34.2 Å². The summed E-state index contributed by atoms with van der Waals surface area (Å²) in [6.07, 6.45) is 6.64. The average Bonchev–Trinajstić information content (AvgIpc) is 3.57. The van der Waals surface area contributed by atoms with Gasteiger partial charge in [-0.15, -0.1) is 11.8 Å². The second kappa shape index (κ2) is 13.9. The summed E-state index contributed by atoms with van der Waals surface area (Å²) in [4.78, 5) is 54.6. The SMILES string of the molecule is Cc1cc(C[C@@H](NC(=O)N2CCN(c3cc4c([nH]c3=O)SCCC4)CC2)C(=O)N2CCN(C3CCN(C)CC3)CC2)cc2cn[nH]c12. The molecule has 1 atom stereocenters. The van der Waals surface area contributed by atoms with Gasteiger partial charge in [-0.25, -0.2) is 4.79 Å². The summed E-state index contributed by atoms with van der Waals surface area (Å²) in [7, 11) is 2.18. The fourth-order valence-electron chi connectivity index (χ4n) is 7.67. The zero-order valence-corrected chi connectivity index (χ0v) is 28.4. The van der Waals surface area contributed by atoms with Crippen molar-refractivity contribution >= 4 is 40.3 Å². The van der Waals surface area contributed by atoms with Gasteiger partial charge in [0.1, 0.15) is 11.7 Å². The number of carbonyl (C=O) groups is 2. The maximum Gasteiger partial charge on any atom is 0.318 e. The van der Waals surface area contributed by atoms with Gasteiger partial charge in [0.25, 0.3) is 5.56 Å². The molecule has 4 aliphatic rings. The zero-order valence-electron chi connectivity index (χ0n) is 27.6. The number of amides is 3. The van der Waals surface area contributed by atoms with Gasteiger partial charge in [-0.05, 0) is 87.3 Å². The Labute approximate surface area is 280 Å². The van der Waals surface area contributed by atoms with Gasteiger partial charge in [0, 0.05) is 70.2 Å². The van der Waals surface area contributed by atoms with E-state index in [1.54, 1.807) is 22.9 Å². The molecule has 0 unspecified atom stereocenters. The number of hydrogen-bond acceptors (Lipinski definition) is 8. The van der Waals surface area contributed by atoms with E-state index in [0.29, 0.717) is 57.4 Å². The fraction of sp³-hybridized carbons (Fsp3) is 0.588. The number of thioether (sulfide) groups is 1. The Balaban J connectivity index is 1.02. The van der Waals surface area contributed by atoms with Gasteiger partial charge in [0.15, 0.2) is 0 Å². The number of aromatic amines is 2. The van der Waals surface area contributed by atoms with E-state index in [0.717, 1.165) is 71.8 Å². The molecule has 0 saturated carbocycles. The zero-order chi connectivity index (χ0) is 32.5. The standard InChI is InChI=1S/C34H47N9O3S/c1-23-18-24(19-26-22-35-38-30(23)26)20-28(33(45)42-13-9-40(10-14-42)27-5-7-39(2)8-6-27)36-34(46)43-15-11-41(12-16-43)29-21-25-4-3-17-47-32(25)37-31(29)44/h18-19,21-22,27-28H,3-17,20H2,1-2H3,(H,35,38)(H,36,46)(H,37,44)/t28-/m1/s1. The number of aryl methyl sites for hydroxylation is 2. The summed E-state index contributed by atoms with van der Waals surface area (Å²) in [6, 6.07) is 5.85. The van der Waals surface area contributed by atoms with Crippen molar-refractivity contribution in [2.24, 2.45) is 0 Å². The molecule has 0 bridgehead atoms. The molecule has 12 nitrogen and oxygen atoms in total. The highest BCUT2D eigenvalue weighted by molar-refractivity contribution is 7.99. The molecule has 3 amide bonds. The maximum absolute atomic E-state index is 14.1. The second-order valence-corrected chi connectivity index (χ2v) is 14.7. The number of aromatic nitrogens is 3. The van der Waals surface area contributed by atoms with E-state index < -0.39 is 6.04 Å². The first-order chi connectivity index (χ1) is 22.8. The predicted octanol–water partition coefficient (Wildman–Crippen LogP) is 2.28. The van der Waals surface area contributed by atoms with E-state index >= 15 is 0 Å². The van der Waals surface area contributed by atoms with E-state index in [9.17, 15) is 14.4 Å². The lowest BCUT2D eigenvalue weighted by molar-refractivity contribution is -0.135. The van der Waals surface area contributed by atoms with Crippen molar-refractivity contribution in [2.45, 2.75) is 56.1 Å². The Bertz CT molecular complexity index is 1650. The molecule has 252 valence electrons. The fourth-order valence-corrected chi connectivity index (χ4v) is 8.68. The normalized spacial score (nSPS) is 20.8. The summed E-state index contributed by atoms with van der Waals surface area (Å²) < 4.78 is 0. The van der Waals surface area contributed by atoms with Crippen LogP contribution < -0.4 is 15.8 Å².